The number of ether oxygens (including phenoxy) is 1. The van der Waals surface area contributed by atoms with E-state index < -0.39 is 0 Å². The Labute approximate surface area is 103 Å². The molecule has 1 saturated carbocycles. The summed E-state index contributed by atoms with van der Waals surface area (Å²) in [6, 6.07) is 0.367. The van der Waals surface area contributed by atoms with Crippen LogP contribution in [0.1, 0.15) is 39.0 Å². The molecular weight excluding hydrogens is 216 g/mol. The lowest BCUT2D eigenvalue weighted by molar-refractivity contribution is -0.135. The van der Waals surface area contributed by atoms with E-state index in [1.54, 1.807) is 0 Å². The first kappa shape index (κ1) is 12.8. The smallest absolute Gasteiger partial charge is 0.250 e. The Morgan fingerprint density at radius 3 is 3.06 bits per heavy atom. The van der Waals surface area contributed by atoms with Gasteiger partial charge < -0.3 is 15.4 Å². The van der Waals surface area contributed by atoms with Crippen LogP contribution in [0.5, 0.6) is 0 Å². The molecule has 4 nitrogen and oxygen atoms in total. The van der Waals surface area contributed by atoms with Crippen molar-refractivity contribution in [3.63, 3.8) is 0 Å². The van der Waals surface area contributed by atoms with Gasteiger partial charge in [0.2, 0.25) is 0 Å². The van der Waals surface area contributed by atoms with Crippen LogP contribution in [-0.2, 0) is 9.53 Å². The molecule has 0 aromatic heterocycles. The van der Waals surface area contributed by atoms with Gasteiger partial charge in [-0.05, 0) is 18.8 Å². The van der Waals surface area contributed by atoms with Crippen LogP contribution in [0.15, 0.2) is 0 Å². The lowest BCUT2D eigenvalue weighted by atomic mass is 9.84. The largest absolute Gasteiger partial charge is 0.366 e. The minimum absolute atomic E-state index is 0.0685. The second kappa shape index (κ2) is 6.36. The molecule has 17 heavy (non-hydrogen) atoms. The van der Waals surface area contributed by atoms with E-state index >= 15 is 0 Å². The van der Waals surface area contributed by atoms with Crippen molar-refractivity contribution in [3.8, 4) is 0 Å². The van der Waals surface area contributed by atoms with E-state index in [0.29, 0.717) is 19.2 Å². The van der Waals surface area contributed by atoms with Gasteiger partial charge >= 0.3 is 0 Å². The number of carbonyl (C=O) groups excluding carboxylic acids is 1. The number of hydrogen-bond donors (Lipinski definition) is 2. The predicted molar refractivity (Wildman–Crippen MR) is 66.8 cm³/mol. The van der Waals surface area contributed by atoms with Crippen LogP contribution in [-0.4, -0.2) is 37.7 Å². The van der Waals surface area contributed by atoms with E-state index in [1.807, 2.05) is 0 Å². The van der Waals surface area contributed by atoms with Crippen molar-refractivity contribution in [1.82, 2.24) is 10.6 Å². The number of rotatable bonds is 3. The number of hydrogen-bond acceptors (Lipinski definition) is 3. The molecule has 0 aromatic rings. The molecule has 98 valence electrons. The van der Waals surface area contributed by atoms with Crippen molar-refractivity contribution < 1.29 is 9.53 Å². The van der Waals surface area contributed by atoms with E-state index in [1.165, 1.54) is 19.3 Å². The van der Waals surface area contributed by atoms with Crippen molar-refractivity contribution in [3.05, 3.63) is 0 Å². The highest BCUT2D eigenvalue weighted by Crippen LogP contribution is 2.26. The minimum atomic E-state index is -0.286. The average molecular weight is 240 g/mol. The summed E-state index contributed by atoms with van der Waals surface area (Å²) < 4.78 is 5.46. The third-order valence-corrected chi connectivity index (χ3v) is 3.93. The number of amides is 1. The summed E-state index contributed by atoms with van der Waals surface area (Å²) in [5.74, 6) is 0.860. The zero-order chi connectivity index (χ0) is 12.1. The van der Waals surface area contributed by atoms with Gasteiger partial charge in [-0.15, -0.1) is 0 Å². The van der Waals surface area contributed by atoms with Gasteiger partial charge in [0.15, 0.2) is 0 Å². The minimum Gasteiger partial charge on any atom is -0.366 e. The van der Waals surface area contributed by atoms with Gasteiger partial charge in [0.05, 0.1) is 6.61 Å². The molecule has 2 fully saturated rings. The van der Waals surface area contributed by atoms with Crippen LogP contribution in [0, 0.1) is 5.92 Å². The molecule has 1 saturated heterocycles. The summed E-state index contributed by atoms with van der Waals surface area (Å²) in [6.45, 7) is 4.38. The number of carbonyl (C=O) groups is 1. The standard InChI is InChI=1S/C13H24N2O2/c1-2-10-4-3-5-11(8-10)15-13(16)12-9-14-6-7-17-12/h10-12,14H,2-9H2,1H3,(H,15,16). The van der Waals surface area contributed by atoms with Crippen molar-refractivity contribution >= 4 is 5.91 Å². The van der Waals surface area contributed by atoms with Gasteiger partial charge in [0.1, 0.15) is 6.10 Å². The highest BCUT2D eigenvalue weighted by atomic mass is 16.5. The quantitative estimate of drug-likeness (QED) is 0.775. The molecule has 0 aromatic carbocycles. The highest BCUT2D eigenvalue weighted by Gasteiger charge is 2.26. The second-order valence-electron chi connectivity index (χ2n) is 5.21. The lowest BCUT2D eigenvalue weighted by Gasteiger charge is -2.31. The molecule has 3 unspecified atom stereocenters. The van der Waals surface area contributed by atoms with Crippen molar-refractivity contribution in [1.29, 1.82) is 0 Å². The molecule has 4 heteroatoms. The topological polar surface area (TPSA) is 50.4 Å². The molecule has 2 N–H and O–H groups in total. The van der Waals surface area contributed by atoms with Gasteiger partial charge in [-0.1, -0.05) is 26.2 Å². The molecule has 0 radical (unpaired) electrons. The van der Waals surface area contributed by atoms with Crippen LogP contribution in [0.3, 0.4) is 0 Å². The first-order valence-electron chi connectivity index (χ1n) is 6.92. The fourth-order valence-corrected chi connectivity index (χ4v) is 2.82. The Bertz CT molecular complexity index is 252. The van der Waals surface area contributed by atoms with Gasteiger partial charge in [0.25, 0.3) is 5.91 Å². The zero-order valence-electron chi connectivity index (χ0n) is 10.7. The van der Waals surface area contributed by atoms with E-state index in [9.17, 15) is 4.79 Å². The third-order valence-electron chi connectivity index (χ3n) is 3.93. The SMILES string of the molecule is CCC1CCCC(NC(=O)C2CNCCO2)C1. The molecule has 0 spiro atoms. The Morgan fingerprint density at radius 2 is 2.35 bits per heavy atom. The Kier molecular flexibility index (Phi) is 4.80. The Hall–Kier alpha value is -0.610. The van der Waals surface area contributed by atoms with E-state index in [0.717, 1.165) is 25.3 Å². The van der Waals surface area contributed by atoms with E-state index in [2.05, 4.69) is 17.6 Å². The van der Waals surface area contributed by atoms with Crippen molar-refractivity contribution in [2.24, 2.45) is 5.92 Å². The third kappa shape index (κ3) is 3.68. The second-order valence-corrected chi connectivity index (χ2v) is 5.21. The summed E-state index contributed by atoms with van der Waals surface area (Å²) in [6.07, 6.45) is 5.78. The number of nitrogens with one attached hydrogen (secondary N) is 2. The molecule has 2 aliphatic rings. The maximum absolute atomic E-state index is 12.0. The van der Waals surface area contributed by atoms with Crippen molar-refractivity contribution in [2.75, 3.05) is 19.7 Å². The summed E-state index contributed by atoms with van der Waals surface area (Å²) >= 11 is 0. The summed E-state index contributed by atoms with van der Waals surface area (Å²) in [5.41, 5.74) is 0. The fraction of sp³-hybridized carbons (Fsp3) is 0.923. The van der Waals surface area contributed by atoms with Gasteiger partial charge in [-0.25, -0.2) is 0 Å². The highest BCUT2D eigenvalue weighted by molar-refractivity contribution is 5.81. The lowest BCUT2D eigenvalue weighted by Crippen LogP contribution is -2.51. The van der Waals surface area contributed by atoms with Crippen LogP contribution in [0.2, 0.25) is 0 Å². The average Bonchev–Trinajstić information content (AvgIpc) is 2.40. The Balaban J connectivity index is 1.77. The molecule has 1 heterocycles. The maximum atomic E-state index is 12.0. The summed E-state index contributed by atoms with van der Waals surface area (Å²) in [7, 11) is 0. The maximum Gasteiger partial charge on any atom is 0.250 e. The molecule has 3 atom stereocenters. The molecule has 0 bridgehead atoms. The van der Waals surface area contributed by atoms with Gasteiger partial charge in [0, 0.05) is 19.1 Å². The van der Waals surface area contributed by atoms with E-state index in [-0.39, 0.29) is 12.0 Å². The van der Waals surface area contributed by atoms with Crippen LogP contribution in [0.25, 0.3) is 0 Å². The fourth-order valence-electron chi connectivity index (χ4n) is 2.82. The van der Waals surface area contributed by atoms with Crippen LogP contribution in [0.4, 0.5) is 0 Å². The van der Waals surface area contributed by atoms with Crippen LogP contribution < -0.4 is 10.6 Å². The Morgan fingerprint density at radius 1 is 1.47 bits per heavy atom. The van der Waals surface area contributed by atoms with Gasteiger partial charge in [-0.3, -0.25) is 4.79 Å². The first-order valence-corrected chi connectivity index (χ1v) is 6.92. The summed E-state index contributed by atoms with van der Waals surface area (Å²) in [4.78, 5) is 12.0. The molecule has 1 aliphatic carbocycles. The molecule has 1 aliphatic heterocycles. The number of morpholine rings is 1. The normalized spacial score (nSPS) is 34.3. The van der Waals surface area contributed by atoms with Crippen LogP contribution >= 0.6 is 0 Å². The predicted octanol–water partition coefficient (Wildman–Crippen LogP) is 1.06. The molecule has 1 amide bonds. The monoisotopic (exact) mass is 240 g/mol. The molecule has 2 rings (SSSR count). The summed E-state index contributed by atoms with van der Waals surface area (Å²) in [5, 5.41) is 6.34. The van der Waals surface area contributed by atoms with Crippen molar-refractivity contribution in [2.45, 2.75) is 51.2 Å². The first-order chi connectivity index (χ1) is 8.29. The van der Waals surface area contributed by atoms with E-state index in [4.69, 9.17) is 4.74 Å². The van der Waals surface area contributed by atoms with Gasteiger partial charge in [-0.2, -0.15) is 0 Å². The molecular formula is C13H24N2O2. The zero-order valence-corrected chi connectivity index (χ0v) is 10.7.